The number of pyridine rings is 1. The van der Waals surface area contributed by atoms with Gasteiger partial charge in [-0.3, -0.25) is 4.98 Å². The van der Waals surface area contributed by atoms with Crippen LogP contribution in [0.3, 0.4) is 0 Å². The number of carbonyl (C=O) groups is 2. The van der Waals surface area contributed by atoms with E-state index >= 15 is 0 Å². The molecule has 17 heavy (non-hydrogen) atoms. The smallest absolute Gasteiger partial charge is 0.331 e. The second-order valence-electron chi connectivity index (χ2n) is 3.13. The van der Waals surface area contributed by atoms with Crippen molar-refractivity contribution in [1.82, 2.24) is 4.98 Å². The third-order valence-corrected chi connectivity index (χ3v) is 1.94. The van der Waals surface area contributed by atoms with Crippen LogP contribution < -0.4 is 0 Å². The molecule has 1 rings (SSSR count). The lowest BCUT2D eigenvalue weighted by atomic mass is 10.2. The molecule has 1 aromatic heterocycles. The van der Waals surface area contributed by atoms with Crippen molar-refractivity contribution in [2.75, 3.05) is 13.7 Å². The first-order valence-electron chi connectivity index (χ1n) is 5.04. The zero-order chi connectivity index (χ0) is 12.5. The van der Waals surface area contributed by atoms with Crippen LogP contribution in [-0.4, -0.2) is 30.6 Å². The molecule has 0 aliphatic rings. The molecule has 0 unspecified atom stereocenters. The maximum atomic E-state index is 11.1. The van der Waals surface area contributed by atoms with E-state index in [1.807, 2.05) is 12.1 Å². The molecular weight excluding hydrogens is 222 g/mol. The van der Waals surface area contributed by atoms with Gasteiger partial charge in [-0.05, 0) is 17.7 Å². The number of hydrogen-bond donors (Lipinski definition) is 0. The molecule has 90 valence electrons. The molecule has 0 aliphatic heterocycles. The molecule has 0 atom stereocenters. The van der Waals surface area contributed by atoms with Gasteiger partial charge in [0.25, 0.3) is 0 Å². The van der Waals surface area contributed by atoms with Crippen LogP contribution in [0.2, 0.25) is 0 Å². The van der Waals surface area contributed by atoms with E-state index in [-0.39, 0.29) is 6.61 Å². The predicted octanol–water partition coefficient (Wildman–Crippen LogP) is 0.896. The molecule has 0 aromatic carbocycles. The van der Waals surface area contributed by atoms with E-state index in [0.29, 0.717) is 6.42 Å². The van der Waals surface area contributed by atoms with Gasteiger partial charge in [0.1, 0.15) is 0 Å². The molecule has 0 radical (unpaired) electrons. The third kappa shape index (κ3) is 5.46. The summed E-state index contributed by atoms with van der Waals surface area (Å²) in [6.07, 6.45) is 6.02. The summed E-state index contributed by atoms with van der Waals surface area (Å²) in [5, 5.41) is 0. The second-order valence-corrected chi connectivity index (χ2v) is 3.13. The average molecular weight is 235 g/mol. The molecule has 0 spiro atoms. The summed E-state index contributed by atoms with van der Waals surface area (Å²) < 4.78 is 9.22. The number of esters is 2. The lowest BCUT2D eigenvalue weighted by molar-refractivity contribution is -0.139. The molecule has 0 saturated heterocycles. The molecule has 0 N–H and O–H groups in total. The van der Waals surface area contributed by atoms with Crippen LogP contribution in [0.5, 0.6) is 0 Å². The zero-order valence-corrected chi connectivity index (χ0v) is 9.46. The van der Waals surface area contributed by atoms with E-state index in [4.69, 9.17) is 4.74 Å². The summed E-state index contributed by atoms with van der Waals surface area (Å²) in [4.78, 5) is 25.7. The Labute approximate surface area is 99.1 Å². The lowest BCUT2D eigenvalue weighted by Crippen LogP contribution is -2.06. The maximum Gasteiger partial charge on any atom is 0.331 e. The standard InChI is InChI=1S/C12H13NO4/c1-16-11(14)2-3-12(15)17-9-6-10-4-7-13-8-5-10/h2-5,7-8H,6,9H2,1H3/b3-2+. The Morgan fingerprint density at radius 2 is 1.88 bits per heavy atom. The Hall–Kier alpha value is -2.17. The summed E-state index contributed by atoms with van der Waals surface area (Å²) in [5.74, 6) is -1.15. The lowest BCUT2D eigenvalue weighted by Gasteiger charge is -2.01. The van der Waals surface area contributed by atoms with Gasteiger partial charge in [-0.1, -0.05) is 0 Å². The van der Waals surface area contributed by atoms with Crippen molar-refractivity contribution in [3.8, 4) is 0 Å². The minimum absolute atomic E-state index is 0.258. The van der Waals surface area contributed by atoms with Crippen LogP contribution in [-0.2, 0) is 25.5 Å². The van der Waals surface area contributed by atoms with Crippen molar-refractivity contribution in [3.05, 3.63) is 42.2 Å². The summed E-state index contributed by atoms with van der Waals surface area (Å²) in [7, 11) is 1.24. The normalized spacial score (nSPS) is 10.2. The molecular formula is C12H13NO4. The molecule has 5 heteroatoms. The molecule has 1 heterocycles. The van der Waals surface area contributed by atoms with Gasteiger partial charge >= 0.3 is 11.9 Å². The van der Waals surface area contributed by atoms with Crippen molar-refractivity contribution >= 4 is 11.9 Å². The van der Waals surface area contributed by atoms with Crippen LogP contribution in [0.1, 0.15) is 5.56 Å². The number of rotatable bonds is 5. The summed E-state index contributed by atoms with van der Waals surface area (Å²) in [6.45, 7) is 0.258. The van der Waals surface area contributed by atoms with E-state index in [0.717, 1.165) is 17.7 Å². The molecule has 0 aliphatic carbocycles. The van der Waals surface area contributed by atoms with Crippen LogP contribution in [0.4, 0.5) is 0 Å². The number of hydrogen-bond acceptors (Lipinski definition) is 5. The summed E-state index contributed by atoms with van der Waals surface area (Å²) in [6, 6.07) is 3.69. The van der Waals surface area contributed by atoms with E-state index in [2.05, 4.69) is 9.72 Å². The number of carbonyl (C=O) groups excluding carboxylic acids is 2. The second kappa shape index (κ2) is 7.16. The zero-order valence-electron chi connectivity index (χ0n) is 9.46. The quantitative estimate of drug-likeness (QED) is 0.560. The first kappa shape index (κ1) is 12.9. The predicted molar refractivity (Wildman–Crippen MR) is 60.1 cm³/mol. The Morgan fingerprint density at radius 1 is 1.24 bits per heavy atom. The van der Waals surface area contributed by atoms with Gasteiger partial charge in [0.15, 0.2) is 0 Å². The fourth-order valence-corrected chi connectivity index (χ4v) is 1.07. The molecule has 0 saturated carbocycles. The van der Waals surface area contributed by atoms with Crippen molar-refractivity contribution < 1.29 is 19.1 Å². The summed E-state index contributed by atoms with van der Waals surface area (Å²) in [5.41, 5.74) is 1.03. The number of ether oxygens (including phenoxy) is 2. The minimum Gasteiger partial charge on any atom is -0.466 e. The molecule has 1 aromatic rings. The van der Waals surface area contributed by atoms with Gasteiger partial charge in [0.05, 0.1) is 13.7 Å². The molecule has 5 nitrogen and oxygen atoms in total. The summed E-state index contributed by atoms with van der Waals surface area (Å²) >= 11 is 0. The highest BCUT2D eigenvalue weighted by atomic mass is 16.5. The van der Waals surface area contributed by atoms with Gasteiger partial charge in [0.2, 0.25) is 0 Å². The highest BCUT2D eigenvalue weighted by molar-refractivity contribution is 5.91. The first-order chi connectivity index (χ1) is 8.22. The Morgan fingerprint density at radius 3 is 2.53 bits per heavy atom. The third-order valence-electron chi connectivity index (χ3n) is 1.94. The molecule has 0 fully saturated rings. The fourth-order valence-electron chi connectivity index (χ4n) is 1.07. The van der Waals surface area contributed by atoms with Gasteiger partial charge in [0, 0.05) is 31.0 Å². The van der Waals surface area contributed by atoms with E-state index in [1.165, 1.54) is 7.11 Å². The highest BCUT2D eigenvalue weighted by Crippen LogP contribution is 1.98. The minimum atomic E-state index is -0.587. The van der Waals surface area contributed by atoms with Gasteiger partial charge in [-0.2, -0.15) is 0 Å². The van der Waals surface area contributed by atoms with E-state index in [9.17, 15) is 9.59 Å². The highest BCUT2D eigenvalue weighted by Gasteiger charge is 1.99. The van der Waals surface area contributed by atoms with Crippen molar-refractivity contribution in [2.24, 2.45) is 0 Å². The Balaban J connectivity index is 2.25. The fraction of sp³-hybridized carbons (Fsp3) is 0.250. The van der Waals surface area contributed by atoms with E-state index < -0.39 is 11.9 Å². The first-order valence-corrected chi connectivity index (χ1v) is 5.04. The van der Waals surface area contributed by atoms with Gasteiger partial charge in [-0.15, -0.1) is 0 Å². The number of nitrogens with zero attached hydrogens (tertiary/aromatic N) is 1. The topological polar surface area (TPSA) is 65.5 Å². The van der Waals surface area contributed by atoms with Crippen LogP contribution >= 0.6 is 0 Å². The van der Waals surface area contributed by atoms with Gasteiger partial charge in [-0.25, -0.2) is 9.59 Å². The SMILES string of the molecule is COC(=O)/C=C/C(=O)OCCc1ccncc1. The van der Waals surface area contributed by atoms with Crippen LogP contribution in [0.25, 0.3) is 0 Å². The average Bonchev–Trinajstić information content (AvgIpc) is 2.37. The molecule has 0 amide bonds. The Bertz CT molecular complexity index is 400. The monoisotopic (exact) mass is 235 g/mol. The van der Waals surface area contributed by atoms with Crippen LogP contribution in [0, 0.1) is 0 Å². The number of aromatic nitrogens is 1. The van der Waals surface area contributed by atoms with Crippen molar-refractivity contribution in [2.45, 2.75) is 6.42 Å². The van der Waals surface area contributed by atoms with Crippen molar-refractivity contribution in [3.63, 3.8) is 0 Å². The largest absolute Gasteiger partial charge is 0.466 e. The van der Waals surface area contributed by atoms with E-state index in [1.54, 1.807) is 12.4 Å². The van der Waals surface area contributed by atoms with Crippen molar-refractivity contribution in [1.29, 1.82) is 0 Å². The maximum absolute atomic E-state index is 11.1. The van der Waals surface area contributed by atoms with Gasteiger partial charge < -0.3 is 9.47 Å². The number of methoxy groups -OCH3 is 1. The Kier molecular flexibility index (Phi) is 5.43. The van der Waals surface area contributed by atoms with Crippen LogP contribution in [0.15, 0.2) is 36.7 Å². The molecule has 0 bridgehead atoms.